The zero-order valence-electron chi connectivity index (χ0n) is 11.1. The van der Waals surface area contributed by atoms with Gasteiger partial charge in [0.25, 0.3) is 5.91 Å². The summed E-state index contributed by atoms with van der Waals surface area (Å²) in [6.07, 6.45) is 0.931. The Bertz CT molecular complexity index is 503. The van der Waals surface area contributed by atoms with Gasteiger partial charge in [0.05, 0.1) is 17.1 Å². The van der Waals surface area contributed by atoms with Crippen LogP contribution in [-0.2, 0) is 11.8 Å². The Morgan fingerprint density at radius 1 is 1.47 bits per heavy atom. The van der Waals surface area contributed by atoms with Gasteiger partial charge in [-0.15, -0.1) is 0 Å². The van der Waals surface area contributed by atoms with Gasteiger partial charge in [0.15, 0.2) is 0 Å². The van der Waals surface area contributed by atoms with Crippen LogP contribution in [-0.4, -0.2) is 50.8 Å². The number of carbonyl (C=O) groups excluding carboxylic acids is 1. The monoisotopic (exact) mass is 268 g/mol. The summed E-state index contributed by atoms with van der Waals surface area (Å²) in [7, 11) is 1.52. The minimum atomic E-state index is -0.590. The van der Waals surface area contributed by atoms with Crippen molar-refractivity contribution in [2.45, 2.75) is 26.1 Å². The fraction of sp³-hybridized carbons (Fsp3) is 0.636. The molecule has 1 aromatic rings. The van der Waals surface area contributed by atoms with Gasteiger partial charge in [-0.1, -0.05) is 0 Å². The van der Waals surface area contributed by atoms with Crippen LogP contribution >= 0.6 is 0 Å². The van der Waals surface area contributed by atoms with Crippen molar-refractivity contribution in [3.05, 3.63) is 22.0 Å². The molecular weight excluding hydrogens is 252 g/mol. The highest BCUT2D eigenvalue weighted by molar-refractivity contribution is 5.96. The molecule has 8 nitrogen and oxygen atoms in total. The summed E-state index contributed by atoms with van der Waals surface area (Å²) in [6.45, 7) is 4.58. The van der Waals surface area contributed by atoms with Crippen molar-refractivity contribution < 1.29 is 14.5 Å². The predicted molar refractivity (Wildman–Crippen MR) is 65.8 cm³/mol. The molecule has 8 heteroatoms. The molecule has 0 bridgehead atoms. The van der Waals surface area contributed by atoms with E-state index >= 15 is 0 Å². The van der Waals surface area contributed by atoms with E-state index in [1.165, 1.54) is 11.7 Å². The van der Waals surface area contributed by atoms with E-state index in [-0.39, 0.29) is 29.5 Å². The third-order valence-electron chi connectivity index (χ3n) is 3.03. The summed E-state index contributed by atoms with van der Waals surface area (Å²) in [5.74, 6) is -0.381. The summed E-state index contributed by atoms with van der Waals surface area (Å²) >= 11 is 0. The van der Waals surface area contributed by atoms with Gasteiger partial charge in [-0.2, -0.15) is 5.10 Å². The zero-order chi connectivity index (χ0) is 14.2. The van der Waals surface area contributed by atoms with E-state index in [2.05, 4.69) is 5.10 Å². The Morgan fingerprint density at radius 3 is 2.58 bits per heavy atom. The molecule has 0 spiro atoms. The maximum Gasteiger partial charge on any atom is 0.320 e. The van der Waals surface area contributed by atoms with E-state index in [1.807, 2.05) is 13.8 Å². The molecule has 0 unspecified atom stereocenters. The number of aryl methyl sites for hydroxylation is 1. The number of aromatic nitrogens is 2. The second-order valence-electron chi connectivity index (χ2n) is 4.73. The van der Waals surface area contributed by atoms with Crippen LogP contribution in [0.4, 0.5) is 5.69 Å². The van der Waals surface area contributed by atoms with Crippen molar-refractivity contribution in [1.82, 2.24) is 14.7 Å². The van der Waals surface area contributed by atoms with Gasteiger partial charge < -0.3 is 9.64 Å². The lowest BCUT2D eigenvalue weighted by Crippen LogP contribution is -2.48. The van der Waals surface area contributed by atoms with Crippen LogP contribution in [0.5, 0.6) is 0 Å². The molecule has 19 heavy (non-hydrogen) atoms. The standard InChI is InChI=1S/C11H16N4O4/c1-7-5-14(6-8(2)19-7)11(16)10-9(15(17)18)4-12-13(10)3/h4,7-8H,5-6H2,1-3H3/t7-,8-/m1/s1. The minimum Gasteiger partial charge on any atom is -0.372 e. The molecule has 0 aromatic carbocycles. The highest BCUT2D eigenvalue weighted by atomic mass is 16.6. The molecule has 1 aliphatic heterocycles. The third kappa shape index (κ3) is 2.58. The van der Waals surface area contributed by atoms with Gasteiger partial charge in [0.2, 0.25) is 5.69 Å². The number of hydrogen-bond donors (Lipinski definition) is 0. The van der Waals surface area contributed by atoms with Gasteiger partial charge in [-0.3, -0.25) is 19.6 Å². The van der Waals surface area contributed by atoms with E-state index < -0.39 is 4.92 Å². The summed E-state index contributed by atoms with van der Waals surface area (Å²) < 4.78 is 6.78. The fourth-order valence-corrected chi connectivity index (χ4v) is 2.30. The second-order valence-corrected chi connectivity index (χ2v) is 4.73. The van der Waals surface area contributed by atoms with Gasteiger partial charge >= 0.3 is 5.69 Å². The molecule has 2 heterocycles. The van der Waals surface area contributed by atoms with Crippen molar-refractivity contribution in [2.24, 2.45) is 7.05 Å². The number of ether oxygens (including phenoxy) is 1. The highest BCUT2D eigenvalue weighted by Crippen LogP contribution is 2.21. The SMILES string of the molecule is C[C@@H]1CN(C(=O)c2c([N+](=O)[O-])cnn2C)C[C@@H](C)O1. The Hall–Kier alpha value is -1.96. The summed E-state index contributed by atoms with van der Waals surface area (Å²) in [4.78, 5) is 24.3. The molecule has 1 fully saturated rings. The highest BCUT2D eigenvalue weighted by Gasteiger charge is 2.33. The quantitative estimate of drug-likeness (QED) is 0.578. The van der Waals surface area contributed by atoms with Gasteiger partial charge in [0, 0.05) is 20.1 Å². The zero-order valence-corrected chi connectivity index (χ0v) is 11.1. The number of nitro groups is 1. The predicted octanol–water partition coefficient (Wildman–Crippen LogP) is 0.578. The van der Waals surface area contributed by atoms with E-state index in [0.717, 1.165) is 6.20 Å². The van der Waals surface area contributed by atoms with Crippen molar-refractivity contribution >= 4 is 11.6 Å². The van der Waals surface area contributed by atoms with Gasteiger partial charge in [-0.25, -0.2) is 0 Å². The Morgan fingerprint density at radius 2 is 2.05 bits per heavy atom. The Balaban J connectivity index is 2.29. The van der Waals surface area contributed by atoms with E-state index in [0.29, 0.717) is 13.1 Å². The fourth-order valence-electron chi connectivity index (χ4n) is 2.30. The van der Waals surface area contributed by atoms with E-state index in [9.17, 15) is 14.9 Å². The van der Waals surface area contributed by atoms with Crippen LogP contribution in [0.3, 0.4) is 0 Å². The van der Waals surface area contributed by atoms with Gasteiger partial charge in [0.1, 0.15) is 6.20 Å². The lowest BCUT2D eigenvalue weighted by Gasteiger charge is -2.35. The number of morpholine rings is 1. The van der Waals surface area contributed by atoms with Crippen LogP contribution < -0.4 is 0 Å². The van der Waals surface area contributed by atoms with Crippen LogP contribution in [0.1, 0.15) is 24.3 Å². The smallest absolute Gasteiger partial charge is 0.320 e. The molecule has 0 saturated carbocycles. The second kappa shape index (κ2) is 4.96. The number of hydrogen-bond acceptors (Lipinski definition) is 5. The average molecular weight is 268 g/mol. The van der Waals surface area contributed by atoms with Crippen LogP contribution in [0.25, 0.3) is 0 Å². The lowest BCUT2D eigenvalue weighted by atomic mass is 10.2. The topological polar surface area (TPSA) is 90.5 Å². The van der Waals surface area contributed by atoms with Gasteiger partial charge in [-0.05, 0) is 13.8 Å². The van der Waals surface area contributed by atoms with Crippen LogP contribution in [0.15, 0.2) is 6.20 Å². The van der Waals surface area contributed by atoms with Crippen molar-refractivity contribution in [2.75, 3.05) is 13.1 Å². The molecular formula is C11H16N4O4. The maximum atomic E-state index is 12.4. The molecule has 104 valence electrons. The molecule has 1 aromatic heterocycles. The lowest BCUT2D eigenvalue weighted by molar-refractivity contribution is -0.385. The molecule has 2 atom stereocenters. The first kappa shape index (κ1) is 13.5. The Labute approximate surface area is 110 Å². The number of nitrogens with zero attached hydrogens (tertiary/aromatic N) is 4. The summed E-state index contributed by atoms with van der Waals surface area (Å²) in [5.41, 5.74) is -0.259. The Kier molecular flexibility index (Phi) is 3.52. The van der Waals surface area contributed by atoms with Crippen LogP contribution in [0, 0.1) is 10.1 Å². The number of rotatable bonds is 2. The minimum absolute atomic E-state index is 0.00583. The largest absolute Gasteiger partial charge is 0.372 e. The molecule has 1 aliphatic rings. The van der Waals surface area contributed by atoms with Crippen LogP contribution in [0.2, 0.25) is 0 Å². The average Bonchev–Trinajstić information content (AvgIpc) is 2.69. The van der Waals surface area contributed by atoms with E-state index in [4.69, 9.17) is 4.74 Å². The summed E-state index contributed by atoms with van der Waals surface area (Å²) in [6, 6.07) is 0. The first-order valence-electron chi connectivity index (χ1n) is 6.01. The molecule has 0 aliphatic carbocycles. The maximum absolute atomic E-state index is 12.4. The van der Waals surface area contributed by atoms with Crippen molar-refractivity contribution in [3.8, 4) is 0 Å². The first-order valence-corrected chi connectivity index (χ1v) is 6.01. The van der Waals surface area contributed by atoms with E-state index in [1.54, 1.807) is 4.90 Å². The first-order chi connectivity index (χ1) is 8.90. The molecule has 0 N–H and O–H groups in total. The number of carbonyl (C=O) groups is 1. The molecule has 1 saturated heterocycles. The molecule has 0 radical (unpaired) electrons. The summed E-state index contributed by atoms with van der Waals surface area (Å²) in [5, 5.41) is 14.7. The number of amides is 1. The molecule has 2 rings (SSSR count). The van der Waals surface area contributed by atoms with Crippen molar-refractivity contribution in [1.29, 1.82) is 0 Å². The third-order valence-corrected chi connectivity index (χ3v) is 3.03. The van der Waals surface area contributed by atoms with Crippen molar-refractivity contribution in [3.63, 3.8) is 0 Å². The molecule has 1 amide bonds. The normalized spacial score (nSPS) is 23.4.